The fraction of sp³-hybridized carbons (Fsp3) is 0.385. The van der Waals surface area contributed by atoms with Gasteiger partial charge in [-0.15, -0.1) is 0 Å². The van der Waals surface area contributed by atoms with Crippen LogP contribution in [0.5, 0.6) is 0 Å². The molecular formula is C26H32F3N7. The van der Waals surface area contributed by atoms with Crippen molar-refractivity contribution in [1.29, 1.82) is 0 Å². The predicted octanol–water partition coefficient (Wildman–Crippen LogP) is 3.74. The van der Waals surface area contributed by atoms with Crippen LogP contribution in [0.25, 0.3) is 22.2 Å². The van der Waals surface area contributed by atoms with Crippen molar-refractivity contribution in [2.75, 3.05) is 34.2 Å². The van der Waals surface area contributed by atoms with Crippen molar-refractivity contribution in [3.05, 3.63) is 71.1 Å². The van der Waals surface area contributed by atoms with Gasteiger partial charge in [0.1, 0.15) is 11.1 Å². The number of hydrogen-bond donors (Lipinski definition) is 2. The molecule has 0 aliphatic heterocycles. The van der Waals surface area contributed by atoms with Gasteiger partial charge < -0.3 is 25.8 Å². The molecule has 0 saturated heterocycles. The lowest BCUT2D eigenvalue weighted by molar-refractivity contribution is -0.137. The van der Waals surface area contributed by atoms with Crippen LogP contribution in [0.1, 0.15) is 23.4 Å². The summed E-state index contributed by atoms with van der Waals surface area (Å²) in [6, 6.07) is 5.55. The van der Waals surface area contributed by atoms with Gasteiger partial charge in [-0.3, -0.25) is 0 Å². The fourth-order valence-corrected chi connectivity index (χ4v) is 4.68. The molecule has 4 rings (SSSR count). The largest absolute Gasteiger partial charge is 0.419 e. The highest BCUT2D eigenvalue weighted by Gasteiger charge is 2.39. The molecule has 0 bridgehead atoms. The first-order valence-electron chi connectivity index (χ1n) is 11.6. The van der Waals surface area contributed by atoms with E-state index in [1.54, 1.807) is 24.4 Å². The number of likely N-dealkylation sites (N-methyl/N-ethyl adjacent to an activating group) is 2. The second-order valence-corrected chi connectivity index (χ2v) is 9.76. The number of benzene rings is 1. The number of allylic oxidation sites excluding steroid dienone is 1. The molecule has 0 saturated carbocycles. The number of alkyl halides is 3. The first-order chi connectivity index (χ1) is 16.8. The molecule has 0 fully saturated rings. The number of rotatable bonds is 6. The fourth-order valence-electron chi connectivity index (χ4n) is 4.68. The van der Waals surface area contributed by atoms with Gasteiger partial charge in [-0.05, 0) is 32.7 Å². The van der Waals surface area contributed by atoms with E-state index in [2.05, 4.69) is 14.9 Å². The zero-order chi connectivity index (χ0) is 26.4. The summed E-state index contributed by atoms with van der Waals surface area (Å²) in [4.78, 5) is 12.6. The van der Waals surface area contributed by atoms with E-state index in [9.17, 15) is 13.2 Å². The van der Waals surface area contributed by atoms with E-state index in [4.69, 9.17) is 11.5 Å². The molecule has 1 aromatic carbocycles. The average molecular weight is 500 g/mol. The van der Waals surface area contributed by atoms with Gasteiger partial charge in [0.05, 0.1) is 16.9 Å². The SMILES string of the molecule is Cc1cccc2c(-c3nc(C4(N)C=CC(N(C)CCN(C)C)=C(N)C4)ncc3C(F)(F)F)cn(C)c12. The number of aromatic nitrogens is 3. The Hall–Kier alpha value is -3.37. The quantitative estimate of drug-likeness (QED) is 0.537. The Morgan fingerprint density at radius 2 is 1.89 bits per heavy atom. The highest BCUT2D eigenvalue weighted by atomic mass is 19.4. The summed E-state index contributed by atoms with van der Waals surface area (Å²) in [5, 5.41) is 0.683. The molecule has 7 nitrogen and oxygen atoms in total. The summed E-state index contributed by atoms with van der Waals surface area (Å²) < 4.78 is 44.0. The van der Waals surface area contributed by atoms with E-state index in [1.807, 2.05) is 56.7 Å². The van der Waals surface area contributed by atoms with Gasteiger partial charge in [0.15, 0.2) is 5.82 Å². The van der Waals surface area contributed by atoms with Crippen LogP contribution in [0.15, 0.2) is 54.1 Å². The predicted molar refractivity (Wildman–Crippen MR) is 136 cm³/mol. The summed E-state index contributed by atoms with van der Waals surface area (Å²) in [7, 11) is 7.73. The van der Waals surface area contributed by atoms with Crippen molar-refractivity contribution < 1.29 is 13.2 Å². The molecule has 192 valence electrons. The second kappa shape index (κ2) is 9.25. The Balaban J connectivity index is 1.79. The standard InChI is InChI=1S/C26H32F3N7/c1-16-7-6-8-17-18(15-36(5)23(16)17)22-19(26(27,28)29)14-32-24(33-22)25(31)10-9-21(20(30)13-25)35(4)12-11-34(2)3/h6-10,14-15H,11-13,30-31H2,1-5H3. The maximum atomic E-state index is 14.1. The van der Waals surface area contributed by atoms with Crippen LogP contribution >= 0.6 is 0 Å². The van der Waals surface area contributed by atoms with Crippen LogP contribution in [0.2, 0.25) is 0 Å². The summed E-state index contributed by atoms with van der Waals surface area (Å²) in [6.07, 6.45) is 1.58. The Kier molecular flexibility index (Phi) is 6.61. The second-order valence-electron chi connectivity index (χ2n) is 9.76. The summed E-state index contributed by atoms with van der Waals surface area (Å²) >= 11 is 0. The van der Waals surface area contributed by atoms with Gasteiger partial charge >= 0.3 is 6.18 Å². The minimum atomic E-state index is -4.63. The molecule has 0 amide bonds. The van der Waals surface area contributed by atoms with E-state index >= 15 is 0 Å². The van der Waals surface area contributed by atoms with Crippen LogP contribution < -0.4 is 11.5 Å². The third kappa shape index (κ3) is 4.70. The van der Waals surface area contributed by atoms with Crippen molar-refractivity contribution in [2.24, 2.45) is 18.5 Å². The maximum Gasteiger partial charge on any atom is 0.419 e. The number of fused-ring (bicyclic) bond motifs is 1. The molecule has 36 heavy (non-hydrogen) atoms. The lowest BCUT2D eigenvalue weighted by atomic mass is 9.87. The first-order valence-corrected chi connectivity index (χ1v) is 11.6. The molecule has 0 spiro atoms. The third-order valence-electron chi connectivity index (χ3n) is 6.61. The van der Waals surface area contributed by atoms with Crippen LogP contribution in [0.4, 0.5) is 13.2 Å². The molecule has 1 aliphatic rings. The molecule has 2 heterocycles. The van der Waals surface area contributed by atoms with Crippen LogP contribution in [-0.4, -0.2) is 58.6 Å². The summed E-state index contributed by atoms with van der Waals surface area (Å²) in [6.45, 7) is 3.52. The van der Waals surface area contributed by atoms with Crippen molar-refractivity contribution in [1.82, 2.24) is 24.3 Å². The van der Waals surface area contributed by atoms with Crippen molar-refractivity contribution in [2.45, 2.75) is 25.1 Å². The molecule has 0 radical (unpaired) electrons. The van der Waals surface area contributed by atoms with Crippen LogP contribution in [0.3, 0.4) is 0 Å². The Labute approximate surface area is 208 Å². The number of hydrogen-bond acceptors (Lipinski definition) is 6. The summed E-state index contributed by atoms with van der Waals surface area (Å²) in [5.41, 5.74) is 14.3. The van der Waals surface area contributed by atoms with E-state index in [1.165, 1.54) is 0 Å². The van der Waals surface area contributed by atoms with Gasteiger partial charge in [-0.2, -0.15) is 13.2 Å². The van der Waals surface area contributed by atoms with Gasteiger partial charge in [0, 0.05) is 62.6 Å². The monoisotopic (exact) mass is 499 g/mol. The van der Waals surface area contributed by atoms with Gasteiger partial charge in [-0.1, -0.05) is 24.3 Å². The zero-order valence-electron chi connectivity index (χ0n) is 21.2. The molecule has 3 aromatic rings. The average Bonchev–Trinajstić information content (AvgIpc) is 3.14. The van der Waals surface area contributed by atoms with Gasteiger partial charge in [-0.25, -0.2) is 9.97 Å². The number of para-hydroxylation sites is 1. The Morgan fingerprint density at radius 3 is 2.53 bits per heavy atom. The molecule has 1 unspecified atom stereocenters. The minimum absolute atomic E-state index is 0.0874. The summed E-state index contributed by atoms with van der Waals surface area (Å²) in [5.74, 6) is 0.0874. The number of aryl methyl sites for hydroxylation is 2. The van der Waals surface area contributed by atoms with Crippen LogP contribution in [0, 0.1) is 6.92 Å². The lowest BCUT2D eigenvalue weighted by Crippen LogP contribution is -2.41. The van der Waals surface area contributed by atoms with Crippen LogP contribution in [-0.2, 0) is 18.8 Å². The normalized spacial score (nSPS) is 18.5. The third-order valence-corrected chi connectivity index (χ3v) is 6.61. The zero-order valence-corrected chi connectivity index (χ0v) is 21.2. The molecule has 10 heteroatoms. The Morgan fingerprint density at radius 1 is 1.17 bits per heavy atom. The van der Waals surface area contributed by atoms with E-state index in [0.717, 1.165) is 36.1 Å². The Bertz CT molecular complexity index is 1350. The van der Waals surface area contributed by atoms with E-state index in [-0.39, 0.29) is 17.9 Å². The highest BCUT2D eigenvalue weighted by molar-refractivity contribution is 5.97. The highest BCUT2D eigenvalue weighted by Crippen LogP contribution is 2.41. The van der Waals surface area contributed by atoms with Crippen molar-refractivity contribution >= 4 is 10.9 Å². The molecular weight excluding hydrogens is 467 g/mol. The van der Waals surface area contributed by atoms with E-state index < -0.39 is 17.3 Å². The van der Waals surface area contributed by atoms with Gasteiger partial charge in [0.2, 0.25) is 0 Å². The molecule has 1 aliphatic carbocycles. The molecule has 1 atom stereocenters. The number of nitrogens with zero attached hydrogens (tertiary/aromatic N) is 5. The van der Waals surface area contributed by atoms with E-state index in [0.29, 0.717) is 16.6 Å². The van der Waals surface area contributed by atoms with Crippen molar-refractivity contribution in [3.63, 3.8) is 0 Å². The number of nitrogens with two attached hydrogens (primary N) is 2. The molecule has 4 N–H and O–H groups in total. The van der Waals surface area contributed by atoms with Crippen molar-refractivity contribution in [3.8, 4) is 11.3 Å². The molecule has 2 aromatic heterocycles. The van der Waals surface area contributed by atoms with Gasteiger partial charge in [0.25, 0.3) is 0 Å². The lowest BCUT2D eigenvalue weighted by Gasteiger charge is -2.33. The maximum absolute atomic E-state index is 14.1. The smallest absolute Gasteiger partial charge is 0.400 e. The minimum Gasteiger partial charge on any atom is -0.400 e. The topological polar surface area (TPSA) is 89.2 Å². The number of halogens is 3. The first kappa shape index (κ1) is 25.7.